The summed E-state index contributed by atoms with van der Waals surface area (Å²) in [7, 11) is -9.62. The Morgan fingerprint density at radius 1 is 0.546 bits per heavy atom. The highest BCUT2D eigenvalue weighted by Crippen LogP contribution is 2.41. The van der Waals surface area contributed by atoms with Crippen molar-refractivity contribution in [1.29, 1.82) is 0 Å². The second-order valence-corrected chi connectivity index (χ2v) is 34.4. The molecule has 12 rings (SSSR count). The van der Waals surface area contributed by atoms with Crippen molar-refractivity contribution in [3.63, 3.8) is 0 Å². The molecule has 0 saturated carbocycles. The molecule has 0 bridgehead atoms. The van der Waals surface area contributed by atoms with Gasteiger partial charge in [-0.3, -0.25) is 23.9 Å². The topological polar surface area (TPSA) is 468 Å². The number of carbonyl (C=O) groups is 4. The molecule has 0 fully saturated rings. The Morgan fingerprint density at radius 3 is 1.40 bits per heavy atom. The van der Waals surface area contributed by atoms with Gasteiger partial charge in [0.25, 0.3) is 25.7 Å². The molecule has 0 saturated heterocycles. The minimum absolute atomic E-state index is 0.00157. The maximum atomic E-state index is 14.7. The first kappa shape index (κ1) is 87.4. The molecule has 40 heteroatoms. The Labute approximate surface area is 689 Å². The van der Waals surface area contributed by atoms with Crippen molar-refractivity contribution in [3.05, 3.63) is 250 Å². The van der Waals surface area contributed by atoms with Crippen molar-refractivity contribution in [1.82, 2.24) is 55.3 Å². The number of fused-ring (bicyclic) bond motifs is 2. The molecule has 4 atom stereocenters. The third kappa shape index (κ3) is 22.1. The predicted octanol–water partition coefficient (Wildman–Crippen LogP) is 9.93. The van der Waals surface area contributed by atoms with Gasteiger partial charge in [-0.1, -0.05) is 129 Å². The van der Waals surface area contributed by atoms with E-state index in [2.05, 4.69) is 45.9 Å². The van der Waals surface area contributed by atoms with Crippen molar-refractivity contribution in [2.24, 2.45) is 17.0 Å². The van der Waals surface area contributed by atoms with Crippen LogP contribution in [0.3, 0.4) is 0 Å². The van der Waals surface area contributed by atoms with Gasteiger partial charge < -0.3 is 49.3 Å². The van der Waals surface area contributed by atoms with Crippen LogP contribution in [0.25, 0.3) is 20.4 Å². The zero-order valence-corrected chi connectivity index (χ0v) is 68.4. The summed E-state index contributed by atoms with van der Waals surface area (Å²) < 4.78 is 135. The molecule has 119 heavy (non-hydrogen) atoms. The molecule has 4 heterocycles. The van der Waals surface area contributed by atoms with Gasteiger partial charge in [0.2, 0.25) is 20.5 Å². The second-order valence-electron chi connectivity index (χ2n) is 27.2. The smallest absolute Gasteiger partial charge is 0.326 e. The number of rotatable bonds is 39. The maximum Gasteiger partial charge on any atom is 0.326 e. The number of primary sulfonamides is 1. The van der Waals surface area contributed by atoms with Crippen molar-refractivity contribution in [2.75, 3.05) is 40.7 Å². The van der Waals surface area contributed by atoms with E-state index in [4.69, 9.17) is 37.7 Å². The normalized spacial score (nSPS) is 12.9. The number of ether oxygens (including phenoxy) is 6. The Balaban J connectivity index is 0.000000278. The number of aromatic nitrogens is 8. The van der Waals surface area contributed by atoms with Gasteiger partial charge in [0.15, 0.2) is 4.90 Å². The highest BCUT2D eigenvalue weighted by atomic mass is 32.3. The average Bonchev–Trinajstić information content (AvgIpc) is 1.53. The number of carboxylic acid groups (broad SMARTS) is 2. The summed E-state index contributed by atoms with van der Waals surface area (Å²) in [5.41, 5.74) is 2.66. The Morgan fingerprint density at radius 2 is 0.966 bits per heavy atom. The number of carboxylic acids is 2. The number of para-hydroxylation sites is 1. The molecule has 34 nitrogen and oxygen atoms in total. The molecule has 0 spiro atoms. The number of nitro groups is 1. The number of alkyl halides is 1. The van der Waals surface area contributed by atoms with Crippen LogP contribution in [-0.2, 0) is 85.1 Å². The Bertz CT molecular complexity index is 5880. The van der Waals surface area contributed by atoms with E-state index in [1.54, 1.807) is 145 Å². The lowest BCUT2D eigenvalue weighted by atomic mass is 9.78. The zero-order chi connectivity index (χ0) is 85.3. The van der Waals surface area contributed by atoms with Gasteiger partial charge in [-0.15, -0.1) is 32.9 Å². The average molecular weight is 1730 g/mol. The number of halogens is 1. The number of thiazole rings is 2. The van der Waals surface area contributed by atoms with Crippen molar-refractivity contribution >= 4 is 103 Å². The van der Waals surface area contributed by atoms with Crippen molar-refractivity contribution in [2.45, 2.75) is 97.0 Å². The van der Waals surface area contributed by atoms with Crippen LogP contribution >= 0.6 is 22.7 Å². The first-order chi connectivity index (χ1) is 56.8. The highest BCUT2D eigenvalue weighted by Gasteiger charge is 2.42. The highest BCUT2D eigenvalue weighted by molar-refractivity contribution is 7.92. The minimum atomic E-state index is -4.45. The Kier molecular flexibility index (Phi) is 28.5. The van der Waals surface area contributed by atoms with Crippen molar-refractivity contribution in [3.8, 4) is 34.5 Å². The molecule has 12 aromatic rings. The number of methoxy groups -OCH3 is 2. The summed E-state index contributed by atoms with van der Waals surface area (Å²) >= 11 is 1.89. The molecule has 0 aliphatic carbocycles. The number of nitrogens with two attached hydrogens (primary N) is 1. The lowest BCUT2D eigenvalue weighted by molar-refractivity contribution is -0.387. The van der Waals surface area contributed by atoms with Crippen LogP contribution in [-0.4, -0.2) is 157 Å². The van der Waals surface area contributed by atoms with E-state index in [1.807, 2.05) is 54.6 Å². The lowest BCUT2D eigenvalue weighted by Gasteiger charge is -2.36. The zero-order valence-electron chi connectivity index (χ0n) is 64.3. The van der Waals surface area contributed by atoms with Crippen LogP contribution < -0.4 is 48.9 Å². The standard InChI is InChI=1S/C53H51N7O14S3.C26H29FN6O7S2/c1-34(2)49(50(61)54-45(51(62)63)30-35-14-20-42(21-15-35)72-28-29-74-77(68,69)48-13-9-8-12-46(48)60(64)65)59-32-39(56-58-59)33-73-43-26-27-44-47(31-43)75-52(55-44)76(66,67)57-53(36-10-6-5-7-11-36,37-16-22-40(70-3)23-17-37)38-18-24-41(71-4)25-19-38;1-15(2)23(24(34)29-21(25(35)36)11-16-3-5-18(6-4-16)39-10-9-27)33-13-17(31-32-33)14-40-19-7-8-20-22(12-19)41-26(30-20)42(28,37)38/h5-27,31-32,34,45,49,57H,28-30,33H2,1-4H3,(H,54,61)(H,62,63);3-8,12-13,15,21,23H,9-11,14H2,1-2H3,(H,29,34)(H,35,36)(H2,28,37,38)/t45-,49-;21-,23-/m00/s1/i;27-1. The maximum absolute atomic E-state index is 14.7. The Hall–Kier alpha value is -12.4. The summed E-state index contributed by atoms with van der Waals surface area (Å²) in [6.45, 7) is 5.69. The molecule has 4 aromatic heterocycles. The van der Waals surface area contributed by atoms with Gasteiger partial charge in [-0.05, 0) is 131 Å². The molecule has 0 radical (unpaired) electrons. The van der Waals surface area contributed by atoms with E-state index >= 15 is 0 Å². The monoisotopic (exact) mass is 1720 g/mol. The fraction of sp³-hybridized carbons (Fsp3) is 0.266. The lowest BCUT2D eigenvalue weighted by Crippen LogP contribution is -2.47. The molecule has 2 amide bonds. The first-order valence-corrected chi connectivity index (χ1v) is 42.4. The van der Waals surface area contributed by atoms with Gasteiger partial charge in [0.1, 0.15) is 115 Å². The van der Waals surface area contributed by atoms with Crippen LogP contribution in [0.4, 0.5) is 10.1 Å². The summed E-state index contributed by atoms with van der Waals surface area (Å²) in [6.07, 6.45) is 2.99. The van der Waals surface area contributed by atoms with Gasteiger partial charge >= 0.3 is 22.1 Å². The van der Waals surface area contributed by atoms with Crippen LogP contribution in [0, 0.1) is 22.0 Å². The molecular formula is C79H80FN13O21S5. The largest absolute Gasteiger partial charge is 0.497 e. The number of nitrogens with one attached hydrogen (secondary N) is 3. The molecule has 624 valence electrons. The van der Waals surface area contributed by atoms with E-state index in [0.29, 0.717) is 94.1 Å². The summed E-state index contributed by atoms with van der Waals surface area (Å²) in [5.74, 6) is -1.52. The van der Waals surface area contributed by atoms with E-state index in [-0.39, 0.29) is 59.8 Å². The summed E-state index contributed by atoms with van der Waals surface area (Å²) in [4.78, 5) is 69.8. The van der Waals surface area contributed by atoms with Crippen LogP contribution in [0.15, 0.2) is 214 Å². The first-order valence-electron chi connectivity index (χ1n) is 36.3. The third-order valence-corrected chi connectivity index (χ3v) is 24.7. The number of amides is 2. The number of benzene rings is 8. The van der Waals surface area contributed by atoms with Crippen LogP contribution in [0.1, 0.15) is 79.0 Å². The van der Waals surface area contributed by atoms with E-state index in [0.717, 1.165) is 34.8 Å². The van der Waals surface area contributed by atoms with E-state index in [1.165, 1.54) is 39.8 Å². The van der Waals surface area contributed by atoms with E-state index in [9.17, 15) is 69.1 Å². The summed E-state index contributed by atoms with van der Waals surface area (Å²) in [5, 5.41) is 58.1. The van der Waals surface area contributed by atoms with Crippen molar-refractivity contribution < 1.29 is 96.6 Å². The molecule has 8 aromatic carbocycles. The van der Waals surface area contributed by atoms with E-state index < -0.39 is 112 Å². The second kappa shape index (κ2) is 38.8. The fourth-order valence-corrected chi connectivity index (χ4v) is 17.8. The number of nitro benzene ring substituents is 1. The minimum Gasteiger partial charge on any atom is -0.497 e. The van der Waals surface area contributed by atoms with Crippen LogP contribution in [0.2, 0.25) is 0 Å². The third-order valence-electron chi connectivity index (χ3n) is 18.2. The van der Waals surface area contributed by atoms with Gasteiger partial charge in [-0.25, -0.2) is 55.3 Å². The molecule has 7 N–H and O–H groups in total. The summed E-state index contributed by atoms with van der Waals surface area (Å²) in [6, 6.07) is 46.6. The quantitative estimate of drug-likeness (QED) is 0.00685. The molecular weight excluding hydrogens is 1650 g/mol. The molecule has 0 unspecified atom stereocenters. The fourth-order valence-electron chi connectivity index (χ4n) is 12.5. The number of hydrogen-bond donors (Lipinski definition) is 6. The number of nitrogens with zero attached hydrogens (tertiary/aromatic N) is 9. The molecule has 0 aliphatic rings. The number of sulfonamides is 2. The van der Waals surface area contributed by atoms with Gasteiger partial charge in [-0.2, -0.15) is 13.1 Å². The number of hydrogen-bond acceptors (Lipinski definition) is 27. The SMILES string of the molecule is CC(C)[C@@H](C(=O)N[C@@H](Cc1ccc(OCC[18F])cc1)C(=O)O)n1cc(COc2ccc3nc(S(N)(=O)=O)sc3c2)nn1.COc1ccc(C(NS(=O)(=O)c2nc3ccc(OCc4cn([C@H](C(=O)N[C@@H](Cc5ccc(OCCOS(=O)(=O)c6ccccc6[N+](=O)[O-])cc5)C(=O)O)C(C)C)nn4)cc3s2)(c2ccccc2)c2ccc(OC)cc2)cc1. The number of carbonyl (C=O) groups excluding carboxylic acids is 2. The number of aliphatic carboxylic acids is 2. The van der Waals surface area contributed by atoms with Gasteiger partial charge in [0.05, 0.1) is 52.0 Å². The van der Waals surface area contributed by atoms with Gasteiger partial charge in [0, 0.05) is 18.9 Å². The van der Waals surface area contributed by atoms with Crippen LogP contribution in [0.5, 0.6) is 34.5 Å². The molecule has 0 aliphatic heterocycles. The predicted molar refractivity (Wildman–Crippen MR) is 432 cm³/mol.